The van der Waals surface area contributed by atoms with Crippen molar-refractivity contribution in [1.82, 2.24) is 10.2 Å². The molecule has 2 heterocycles. The maximum absolute atomic E-state index is 11.9. The maximum atomic E-state index is 11.9. The van der Waals surface area contributed by atoms with Gasteiger partial charge < -0.3 is 9.73 Å². The molecular formula is C15H12BrN3O2S. The zero-order valence-electron chi connectivity index (χ0n) is 11.5. The topological polar surface area (TPSA) is 68.0 Å². The Morgan fingerprint density at radius 2 is 2.23 bits per heavy atom. The first kappa shape index (κ1) is 14.9. The predicted molar refractivity (Wildman–Crippen MR) is 88.7 cm³/mol. The van der Waals surface area contributed by atoms with Crippen LogP contribution < -0.4 is 5.32 Å². The summed E-state index contributed by atoms with van der Waals surface area (Å²) < 4.78 is 6.46. The summed E-state index contributed by atoms with van der Waals surface area (Å²) in [6, 6.07) is 9.37. The highest BCUT2D eigenvalue weighted by Crippen LogP contribution is 2.21. The first-order chi connectivity index (χ1) is 10.7. The fourth-order valence-electron chi connectivity index (χ4n) is 1.87. The third-order valence-corrected chi connectivity index (χ3v) is 4.09. The summed E-state index contributed by atoms with van der Waals surface area (Å²) in [7, 11) is 0. The Morgan fingerprint density at radius 3 is 3.00 bits per heavy atom. The number of nitrogens with zero attached hydrogens (tertiary/aromatic N) is 2. The molecule has 1 aromatic carbocycles. The largest absolute Gasteiger partial charge is 0.421 e. The highest BCUT2D eigenvalue weighted by atomic mass is 79.9. The zero-order valence-corrected chi connectivity index (χ0v) is 13.9. The molecule has 0 saturated carbocycles. The van der Waals surface area contributed by atoms with Gasteiger partial charge in [0.25, 0.3) is 0 Å². The van der Waals surface area contributed by atoms with Gasteiger partial charge >= 0.3 is 0 Å². The highest BCUT2D eigenvalue weighted by Gasteiger charge is 2.11. The number of aromatic nitrogens is 2. The zero-order chi connectivity index (χ0) is 15.4. The van der Waals surface area contributed by atoms with Crippen LogP contribution in [0.2, 0.25) is 0 Å². The summed E-state index contributed by atoms with van der Waals surface area (Å²) in [6.45, 7) is 0. The first-order valence-corrected chi connectivity index (χ1v) is 8.34. The van der Waals surface area contributed by atoms with E-state index in [4.69, 9.17) is 4.42 Å². The van der Waals surface area contributed by atoms with Crippen LogP contribution in [0, 0.1) is 0 Å². The molecule has 0 radical (unpaired) electrons. The van der Waals surface area contributed by atoms with E-state index in [1.54, 1.807) is 11.3 Å². The molecule has 112 valence electrons. The SMILES string of the molecule is O=C(CCc1nnc(-c2ccsc2)o1)Nc1cccc(Br)c1. The van der Waals surface area contributed by atoms with Crippen LogP contribution in [0.3, 0.4) is 0 Å². The molecule has 0 saturated heterocycles. The van der Waals surface area contributed by atoms with Crippen molar-refractivity contribution in [2.45, 2.75) is 12.8 Å². The molecule has 3 aromatic rings. The van der Waals surface area contributed by atoms with Crippen molar-refractivity contribution in [3.05, 3.63) is 51.5 Å². The Bertz CT molecular complexity index is 771. The summed E-state index contributed by atoms with van der Waals surface area (Å²) >= 11 is 4.93. The molecule has 0 spiro atoms. The van der Waals surface area contributed by atoms with Gasteiger partial charge in [0.2, 0.25) is 17.7 Å². The van der Waals surface area contributed by atoms with Crippen LogP contribution in [-0.2, 0) is 11.2 Å². The standard InChI is InChI=1S/C15H12BrN3O2S/c16-11-2-1-3-12(8-11)17-13(20)4-5-14-18-19-15(21-14)10-6-7-22-9-10/h1-3,6-9H,4-5H2,(H,17,20). The van der Waals surface area contributed by atoms with Crippen molar-refractivity contribution in [3.8, 4) is 11.5 Å². The molecular weight excluding hydrogens is 366 g/mol. The van der Waals surface area contributed by atoms with Crippen molar-refractivity contribution >= 4 is 38.9 Å². The molecule has 0 bridgehead atoms. The van der Waals surface area contributed by atoms with Crippen LogP contribution in [-0.4, -0.2) is 16.1 Å². The number of hydrogen-bond donors (Lipinski definition) is 1. The van der Waals surface area contributed by atoms with Crippen LogP contribution in [0.5, 0.6) is 0 Å². The molecule has 2 aromatic heterocycles. The lowest BCUT2D eigenvalue weighted by atomic mass is 10.2. The van der Waals surface area contributed by atoms with E-state index >= 15 is 0 Å². The molecule has 0 aliphatic heterocycles. The van der Waals surface area contributed by atoms with E-state index in [1.165, 1.54) is 0 Å². The van der Waals surface area contributed by atoms with Gasteiger partial charge in [-0.15, -0.1) is 10.2 Å². The number of carbonyl (C=O) groups excluding carboxylic acids is 1. The molecule has 0 aliphatic rings. The number of halogens is 1. The maximum Gasteiger partial charge on any atom is 0.248 e. The second-order valence-corrected chi connectivity index (χ2v) is 6.27. The van der Waals surface area contributed by atoms with Crippen LogP contribution in [0.25, 0.3) is 11.5 Å². The Balaban J connectivity index is 1.55. The summed E-state index contributed by atoms with van der Waals surface area (Å²) in [4.78, 5) is 11.9. The third-order valence-electron chi connectivity index (χ3n) is 2.91. The van der Waals surface area contributed by atoms with Crippen molar-refractivity contribution in [1.29, 1.82) is 0 Å². The highest BCUT2D eigenvalue weighted by molar-refractivity contribution is 9.10. The van der Waals surface area contributed by atoms with Crippen molar-refractivity contribution in [2.75, 3.05) is 5.32 Å². The fraction of sp³-hybridized carbons (Fsp3) is 0.133. The quantitative estimate of drug-likeness (QED) is 0.725. The Kier molecular flexibility index (Phi) is 4.65. The summed E-state index contributed by atoms with van der Waals surface area (Å²) in [5.41, 5.74) is 1.66. The molecule has 0 aliphatic carbocycles. The minimum Gasteiger partial charge on any atom is -0.421 e. The number of rotatable bonds is 5. The van der Waals surface area contributed by atoms with E-state index in [9.17, 15) is 4.79 Å². The number of aryl methyl sites for hydroxylation is 1. The Labute approximate surface area is 139 Å². The van der Waals surface area contributed by atoms with Crippen LogP contribution >= 0.6 is 27.3 Å². The first-order valence-electron chi connectivity index (χ1n) is 6.61. The third kappa shape index (κ3) is 3.80. The number of carbonyl (C=O) groups is 1. The normalized spacial score (nSPS) is 10.6. The molecule has 3 rings (SSSR count). The van der Waals surface area contributed by atoms with E-state index in [2.05, 4.69) is 31.4 Å². The van der Waals surface area contributed by atoms with E-state index < -0.39 is 0 Å². The minimum absolute atomic E-state index is 0.0895. The van der Waals surface area contributed by atoms with E-state index in [-0.39, 0.29) is 12.3 Å². The second kappa shape index (κ2) is 6.85. The van der Waals surface area contributed by atoms with Gasteiger partial charge in [0, 0.05) is 33.9 Å². The molecule has 7 heteroatoms. The average Bonchev–Trinajstić information content (AvgIpc) is 3.16. The van der Waals surface area contributed by atoms with Gasteiger partial charge in [0.1, 0.15) is 0 Å². The van der Waals surface area contributed by atoms with Gasteiger partial charge in [-0.3, -0.25) is 4.79 Å². The molecule has 1 N–H and O–H groups in total. The lowest BCUT2D eigenvalue weighted by Crippen LogP contribution is -2.12. The van der Waals surface area contributed by atoms with Crippen LogP contribution in [0.15, 0.2) is 50.0 Å². The van der Waals surface area contributed by atoms with Crippen molar-refractivity contribution in [3.63, 3.8) is 0 Å². The van der Waals surface area contributed by atoms with Gasteiger partial charge in [0.15, 0.2) is 0 Å². The van der Waals surface area contributed by atoms with Crippen LogP contribution in [0.4, 0.5) is 5.69 Å². The minimum atomic E-state index is -0.0895. The number of amides is 1. The number of thiophene rings is 1. The molecule has 0 fully saturated rings. The summed E-state index contributed by atoms with van der Waals surface area (Å²) in [6.07, 6.45) is 0.703. The number of benzene rings is 1. The van der Waals surface area contributed by atoms with Crippen molar-refractivity contribution in [2.24, 2.45) is 0 Å². The Hall–Kier alpha value is -1.99. The average molecular weight is 378 g/mol. The van der Waals surface area contributed by atoms with E-state index in [0.717, 1.165) is 15.7 Å². The second-order valence-electron chi connectivity index (χ2n) is 4.57. The molecule has 0 unspecified atom stereocenters. The number of anilines is 1. The molecule has 0 atom stereocenters. The van der Waals surface area contributed by atoms with E-state index in [0.29, 0.717) is 18.2 Å². The lowest BCUT2D eigenvalue weighted by Gasteiger charge is -2.04. The number of nitrogens with one attached hydrogen (secondary N) is 1. The molecule has 1 amide bonds. The fourth-order valence-corrected chi connectivity index (χ4v) is 2.90. The van der Waals surface area contributed by atoms with Gasteiger partial charge in [0.05, 0.1) is 0 Å². The number of hydrogen-bond acceptors (Lipinski definition) is 5. The van der Waals surface area contributed by atoms with Gasteiger partial charge in [-0.2, -0.15) is 11.3 Å². The van der Waals surface area contributed by atoms with Crippen molar-refractivity contribution < 1.29 is 9.21 Å². The van der Waals surface area contributed by atoms with Gasteiger partial charge in [-0.05, 0) is 29.6 Å². The molecule has 22 heavy (non-hydrogen) atoms. The van der Waals surface area contributed by atoms with E-state index in [1.807, 2.05) is 41.1 Å². The lowest BCUT2D eigenvalue weighted by molar-refractivity contribution is -0.116. The Morgan fingerprint density at radius 1 is 1.32 bits per heavy atom. The van der Waals surface area contributed by atoms with Gasteiger partial charge in [-0.25, -0.2) is 0 Å². The van der Waals surface area contributed by atoms with Gasteiger partial charge in [-0.1, -0.05) is 22.0 Å². The van der Waals surface area contributed by atoms with Crippen LogP contribution in [0.1, 0.15) is 12.3 Å². The molecule has 5 nitrogen and oxygen atoms in total. The summed E-state index contributed by atoms with van der Waals surface area (Å²) in [5, 5.41) is 14.7. The predicted octanol–water partition coefficient (Wildman–Crippen LogP) is 4.13. The summed E-state index contributed by atoms with van der Waals surface area (Å²) in [5.74, 6) is 0.864. The monoisotopic (exact) mass is 377 g/mol. The smallest absolute Gasteiger partial charge is 0.248 e.